The molecule has 0 saturated carbocycles. The van der Waals surface area contributed by atoms with Crippen LogP contribution in [0.2, 0.25) is 0 Å². The van der Waals surface area contributed by atoms with E-state index in [9.17, 15) is 17.2 Å². The van der Waals surface area contributed by atoms with Gasteiger partial charge in [0.25, 0.3) is 5.88 Å². The maximum Gasteiger partial charge on any atom is 0.340 e. The lowest BCUT2D eigenvalue weighted by atomic mass is 9.87. The van der Waals surface area contributed by atoms with E-state index in [0.29, 0.717) is 16.8 Å². The van der Waals surface area contributed by atoms with Gasteiger partial charge in [-0.3, -0.25) is 0 Å². The summed E-state index contributed by atoms with van der Waals surface area (Å²) < 4.78 is 61.8. The van der Waals surface area contributed by atoms with Gasteiger partial charge in [0.05, 0.1) is 22.3 Å². The van der Waals surface area contributed by atoms with Gasteiger partial charge >= 0.3 is 10.1 Å². The van der Waals surface area contributed by atoms with Crippen molar-refractivity contribution >= 4 is 15.6 Å². The fraction of sp³-hybridized carbons (Fsp3) is 0.261. The lowest BCUT2D eigenvalue weighted by Gasteiger charge is -2.19. The smallest absolute Gasteiger partial charge is 0.340 e. The molecule has 0 radical (unpaired) electrons. The van der Waals surface area contributed by atoms with Crippen molar-refractivity contribution in [2.75, 3.05) is 0 Å². The summed E-state index contributed by atoms with van der Waals surface area (Å²) in [6.45, 7) is 9.03. The molecule has 0 atom stereocenters. The normalized spacial score (nSPS) is 12.3. The Morgan fingerprint density at radius 1 is 0.939 bits per heavy atom. The van der Waals surface area contributed by atoms with Crippen molar-refractivity contribution in [3.05, 3.63) is 70.9 Å². The molecule has 33 heavy (non-hydrogen) atoms. The minimum absolute atomic E-state index is 0.0432. The summed E-state index contributed by atoms with van der Waals surface area (Å²) in [6, 6.07) is 9.61. The van der Waals surface area contributed by atoms with E-state index < -0.39 is 32.7 Å². The first-order valence-electron chi connectivity index (χ1n) is 10.1. The molecule has 0 unspecified atom stereocenters. The van der Waals surface area contributed by atoms with Crippen LogP contribution < -0.4 is 4.18 Å². The Hall–Kier alpha value is -3.40. The summed E-state index contributed by atoms with van der Waals surface area (Å²) in [6.07, 6.45) is 0. The van der Waals surface area contributed by atoms with E-state index in [1.165, 1.54) is 22.7 Å². The van der Waals surface area contributed by atoms with Crippen LogP contribution in [0.5, 0.6) is 5.88 Å². The lowest BCUT2D eigenvalue weighted by molar-refractivity contribution is 0.460. The molecule has 2 aromatic heterocycles. The quantitative estimate of drug-likeness (QED) is 0.399. The molecule has 0 aliphatic rings. The van der Waals surface area contributed by atoms with Crippen LogP contribution in [0.4, 0.5) is 8.78 Å². The Labute approximate surface area is 190 Å². The number of hydrogen-bond donors (Lipinski definition) is 0. The summed E-state index contributed by atoms with van der Waals surface area (Å²) in [5.74, 6) is -2.12. The molecule has 0 spiro atoms. The van der Waals surface area contributed by atoms with Crippen molar-refractivity contribution in [2.24, 2.45) is 0 Å². The molecule has 0 fully saturated rings. The highest BCUT2D eigenvalue weighted by Gasteiger charge is 2.32. The fourth-order valence-corrected chi connectivity index (χ4v) is 4.45. The van der Waals surface area contributed by atoms with E-state index >= 15 is 0 Å². The molecule has 0 amide bonds. The van der Waals surface area contributed by atoms with Crippen LogP contribution in [-0.2, 0) is 15.5 Å². The Morgan fingerprint density at radius 2 is 1.55 bits per heavy atom. The second-order valence-electron chi connectivity index (χ2n) is 8.75. The Bertz CT molecular complexity index is 1450. The standard InChI is InChI=1S/C23H22F2N4O3S/c1-13-9-11-15(12-10-13)33(30,31)32-22-19(23(3,4)5)20-14(2)26-27-21(29(20)28-22)18-16(24)7-6-8-17(18)25/h6-12H,1-5H3. The first-order valence-corrected chi connectivity index (χ1v) is 11.5. The topological polar surface area (TPSA) is 86.5 Å². The maximum atomic E-state index is 14.6. The van der Waals surface area contributed by atoms with Crippen molar-refractivity contribution < 1.29 is 21.4 Å². The van der Waals surface area contributed by atoms with Crippen LogP contribution in [-0.4, -0.2) is 28.2 Å². The molecule has 4 aromatic rings. The molecule has 2 aromatic carbocycles. The van der Waals surface area contributed by atoms with Gasteiger partial charge in [-0.15, -0.1) is 10.2 Å². The number of rotatable bonds is 4. The van der Waals surface area contributed by atoms with Gasteiger partial charge in [0.15, 0.2) is 5.82 Å². The van der Waals surface area contributed by atoms with E-state index in [1.54, 1.807) is 19.1 Å². The second-order valence-corrected chi connectivity index (χ2v) is 10.3. The van der Waals surface area contributed by atoms with E-state index in [1.807, 2.05) is 27.7 Å². The summed E-state index contributed by atoms with van der Waals surface area (Å²) in [7, 11) is -4.23. The minimum atomic E-state index is -4.23. The van der Waals surface area contributed by atoms with E-state index in [-0.39, 0.29) is 16.6 Å². The minimum Gasteiger partial charge on any atom is -0.356 e. The molecule has 0 bridgehead atoms. The zero-order valence-corrected chi connectivity index (χ0v) is 19.5. The van der Waals surface area contributed by atoms with Gasteiger partial charge in [-0.05, 0) is 43.5 Å². The van der Waals surface area contributed by atoms with E-state index in [2.05, 4.69) is 15.3 Å². The largest absolute Gasteiger partial charge is 0.356 e. The van der Waals surface area contributed by atoms with Crippen molar-refractivity contribution in [1.29, 1.82) is 0 Å². The van der Waals surface area contributed by atoms with Crippen LogP contribution >= 0.6 is 0 Å². The maximum absolute atomic E-state index is 14.6. The Kier molecular flexibility index (Phi) is 5.44. The second kappa shape index (κ2) is 7.87. The van der Waals surface area contributed by atoms with Crippen LogP contribution in [0.15, 0.2) is 47.4 Å². The predicted molar refractivity (Wildman–Crippen MR) is 119 cm³/mol. The number of aromatic nitrogens is 4. The monoisotopic (exact) mass is 472 g/mol. The van der Waals surface area contributed by atoms with Crippen molar-refractivity contribution in [3.8, 4) is 17.3 Å². The zero-order valence-electron chi connectivity index (χ0n) is 18.7. The van der Waals surface area contributed by atoms with Crippen LogP contribution in [0.25, 0.3) is 16.9 Å². The van der Waals surface area contributed by atoms with Gasteiger partial charge in [0, 0.05) is 0 Å². The number of benzene rings is 2. The van der Waals surface area contributed by atoms with Crippen molar-refractivity contribution in [2.45, 2.75) is 44.9 Å². The SMILES string of the molecule is Cc1ccc(S(=O)(=O)Oc2nn3c(-c4c(F)cccc4F)nnc(C)c3c2C(C)(C)C)cc1. The molecular formula is C23H22F2N4O3S. The Morgan fingerprint density at radius 3 is 2.12 bits per heavy atom. The van der Waals surface area contributed by atoms with Crippen LogP contribution in [0.1, 0.15) is 37.6 Å². The average molecular weight is 473 g/mol. The molecule has 4 rings (SSSR count). The molecule has 7 nitrogen and oxygen atoms in total. The zero-order chi connectivity index (χ0) is 24.1. The van der Waals surface area contributed by atoms with Gasteiger partial charge < -0.3 is 4.18 Å². The molecule has 2 heterocycles. The van der Waals surface area contributed by atoms with Crippen molar-refractivity contribution in [1.82, 2.24) is 19.8 Å². The third-order valence-electron chi connectivity index (χ3n) is 5.13. The third-order valence-corrected chi connectivity index (χ3v) is 6.35. The highest BCUT2D eigenvalue weighted by molar-refractivity contribution is 7.87. The summed E-state index contributed by atoms with van der Waals surface area (Å²) in [5, 5.41) is 12.3. The molecule has 0 N–H and O–H groups in total. The molecule has 0 aliphatic carbocycles. The van der Waals surface area contributed by atoms with Gasteiger partial charge in [-0.25, -0.2) is 13.3 Å². The highest BCUT2D eigenvalue weighted by atomic mass is 32.2. The van der Waals surface area contributed by atoms with Crippen molar-refractivity contribution in [3.63, 3.8) is 0 Å². The van der Waals surface area contributed by atoms with Crippen LogP contribution in [0.3, 0.4) is 0 Å². The summed E-state index contributed by atoms with van der Waals surface area (Å²) in [4.78, 5) is -0.0432. The first-order chi connectivity index (χ1) is 15.4. The number of nitrogens with zero attached hydrogens (tertiary/aromatic N) is 4. The lowest BCUT2D eigenvalue weighted by Crippen LogP contribution is -2.16. The average Bonchev–Trinajstić information content (AvgIpc) is 3.09. The Balaban J connectivity index is 2.00. The summed E-state index contributed by atoms with van der Waals surface area (Å²) in [5.41, 5.74) is 0.995. The predicted octanol–water partition coefficient (Wildman–Crippen LogP) is 4.75. The molecular weight excluding hydrogens is 450 g/mol. The fourth-order valence-electron chi connectivity index (χ4n) is 3.56. The third kappa shape index (κ3) is 4.06. The number of halogens is 2. The molecule has 172 valence electrons. The highest BCUT2D eigenvalue weighted by Crippen LogP contribution is 2.38. The number of aryl methyl sites for hydroxylation is 2. The van der Waals surface area contributed by atoms with Gasteiger partial charge in [0.2, 0.25) is 0 Å². The number of hydrogen-bond acceptors (Lipinski definition) is 6. The molecule has 0 saturated heterocycles. The van der Waals surface area contributed by atoms with E-state index in [4.69, 9.17) is 4.18 Å². The van der Waals surface area contributed by atoms with Gasteiger partial charge in [-0.2, -0.15) is 13.5 Å². The molecule has 0 aliphatic heterocycles. The van der Waals surface area contributed by atoms with Gasteiger partial charge in [-0.1, -0.05) is 44.5 Å². The molecule has 10 heteroatoms. The number of fused-ring (bicyclic) bond motifs is 1. The van der Waals surface area contributed by atoms with Crippen LogP contribution in [0, 0.1) is 25.5 Å². The summed E-state index contributed by atoms with van der Waals surface area (Å²) >= 11 is 0. The van der Waals surface area contributed by atoms with E-state index in [0.717, 1.165) is 17.7 Å². The first kappa shape index (κ1) is 22.8. The van der Waals surface area contributed by atoms with Gasteiger partial charge in [0.1, 0.15) is 16.5 Å².